The van der Waals surface area contributed by atoms with Crippen LogP contribution in [-0.4, -0.2) is 12.1 Å². The van der Waals surface area contributed by atoms with Crippen LogP contribution in [0.2, 0.25) is 0 Å². The molecule has 0 aromatic carbocycles. The minimum Gasteiger partial charge on any atom is -0.235 e. The molecule has 0 unspecified atom stereocenters. The number of hydrogen-bond donors (Lipinski definition) is 0. The maximum absolute atomic E-state index is 4.50. The highest BCUT2D eigenvalue weighted by molar-refractivity contribution is 4.90. The van der Waals surface area contributed by atoms with E-state index in [0.29, 0.717) is 0 Å². The summed E-state index contributed by atoms with van der Waals surface area (Å²) >= 11 is 0. The number of hydrogen-bond acceptors (Lipinski definition) is 0. The van der Waals surface area contributed by atoms with Crippen molar-refractivity contribution in [2.45, 2.75) is 37.8 Å². The van der Waals surface area contributed by atoms with Crippen molar-refractivity contribution < 1.29 is 0 Å². The Labute approximate surface area is 44.1 Å². The molecule has 0 aromatic rings. The summed E-state index contributed by atoms with van der Waals surface area (Å²) in [5.41, 5.74) is 0. The Morgan fingerprint density at radius 3 is 1.57 bits per heavy atom. The first kappa shape index (κ1) is 3.90. The van der Waals surface area contributed by atoms with E-state index in [1.54, 1.807) is 0 Å². The topological polar surface area (TPSA) is 14.1 Å². The predicted octanol–water partition coefficient (Wildman–Crippen LogP) is 0.916. The molecule has 0 N–H and O–H groups in total. The average Bonchev–Trinajstić information content (AvgIpc) is 2.33. The van der Waals surface area contributed by atoms with Gasteiger partial charge in [-0.25, -0.2) is 5.32 Å². The van der Waals surface area contributed by atoms with Gasteiger partial charge in [-0.1, -0.05) is 0 Å². The molecular formula is C6H10N. The Bertz CT molecular complexity index is 62.2. The fourth-order valence-corrected chi connectivity index (χ4v) is 0.745. The van der Waals surface area contributed by atoms with Gasteiger partial charge in [-0.2, -0.15) is 0 Å². The van der Waals surface area contributed by atoms with Crippen LogP contribution < -0.4 is 5.32 Å². The van der Waals surface area contributed by atoms with Crippen molar-refractivity contribution in [2.24, 2.45) is 0 Å². The van der Waals surface area contributed by atoms with Crippen molar-refractivity contribution in [1.82, 2.24) is 5.32 Å². The SMILES string of the molecule is C1CC1[N]C1CC1. The van der Waals surface area contributed by atoms with E-state index in [2.05, 4.69) is 5.32 Å². The maximum Gasteiger partial charge on any atom is 0.0250 e. The van der Waals surface area contributed by atoms with Crippen molar-refractivity contribution in [3.8, 4) is 0 Å². The number of nitrogens with zero attached hydrogens (tertiary/aromatic N) is 1. The summed E-state index contributed by atoms with van der Waals surface area (Å²) in [5, 5.41) is 4.50. The van der Waals surface area contributed by atoms with Crippen LogP contribution in [-0.2, 0) is 0 Å². The zero-order chi connectivity index (χ0) is 4.69. The van der Waals surface area contributed by atoms with Crippen LogP contribution in [0.5, 0.6) is 0 Å². The van der Waals surface area contributed by atoms with Crippen LogP contribution in [0, 0.1) is 0 Å². The van der Waals surface area contributed by atoms with Crippen LogP contribution >= 0.6 is 0 Å². The van der Waals surface area contributed by atoms with E-state index >= 15 is 0 Å². The smallest absolute Gasteiger partial charge is 0.0250 e. The minimum absolute atomic E-state index is 0.812. The minimum atomic E-state index is 0.812. The van der Waals surface area contributed by atoms with Crippen molar-refractivity contribution in [2.75, 3.05) is 0 Å². The fourth-order valence-electron chi connectivity index (χ4n) is 0.745. The average molecular weight is 96.2 g/mol. The lowest BCUT2D eigenvalue weighted by Gasteiger charge is -1.89. The molecule has 2 aliphatic rings. The summed E-state index contributed by atoms with van der Waals surface area (Å²) in [6.07, 6.45) is 5.54. The van der Waals surface area contributed by atoms with E-state index in [1.807, 2.05) is 0 Å². The molecule has 0 saturated heterocycles. The standard InChI is InChI=1S/C6H10N/c1-2-5(1)7-6-3-4-6/h5-6H,1-4H2. The highest BCUT2D eigenvalue weighted by Crippen LogP contribution is 2.28. The molecule has 2 rings (SSSR count). The first-order valence-corrected chi connectivity index (χ1v) is 3.15. The Morgan fingerprint density at radius 1 is 0.857 bits per heavy atom. The van der Waals surface area contributed by atoms with Crippen LogP contribution in [0.3, 0.4) is 0 Å². The third-order valence-electron chi connectivity index (χ3n) is 1.52. The van der Waals surface area contributed by atoms with E-state index in [1.165, 1.54) is 25.7 Å². The normalized spacial score (nSPS) is 30.9. The molecule has 2 aliphatic carbocycles. The van der Waals surface area contributed by atoms with Gasteiger partial charge < -0.3 is 0 Å². The van der Waals surface area contributed by atoms with Gasteiger partial charge in [-0.15, -0.1) is 0 Å². The van der Waals surface area contributed by atoms with E-state index in [-0.39, 0.29) is 0 Å². The maximum atomic E-state index is 4.50. The van der Waals surface area contributed by atoms with Gasteiger partial charge in [0.15, 0.2) is 0 Å². The molecule has 1 heteroatoms. The van der Waals surface area contributed by atoms with Gasteiger partial charge in [-0.3, -0.25) is 0 Å². The lowest BCUT2D eigenvalue weighted by atomic mass is 10.6. The first-order valence-electron chi connectivity index (χ1n) is 3.15. The lowest BCUT2D eigenvalue weighted by Crippen LogP contribution is -2.08. The van der Waals surface area contributed by atoms with Crippen molar-refractivity contribution in [3.63, 3.8) is 0 Å². The van der Waals surface area contributed by atoms with Crippen LogP contribution in [0.1, 0.15) is 25.7 Å². The van der Waals surface area contributed by atoms with Gasteiger partial charge in [0.1, 0.15) is 0 Å². The van der Waals surface area contributed by atoms with Crippen LogP contribution in [0.25, 0.3) is 0 Å². The quantitative estimate of drug-likeness (QED) is 0.485. The summed E-state index contributed by atoms with van der Waals surface area (Å²) in [6, 6.07) is 1.62. The molecule has 0 amide bonds. The van der Waals surface area contributed by atoms with Gasteiger partial charge in [0.05, 0.1) is 0 Å². The Balaban J connectivity index is 1.69. The Hall–Kier alpha value is -0.0400. The van der Waals surface area contributed by atoms with E-state index < -0.39 is 0 Å². The third kappa shape index (κ3) is 0.942. The summed E-state index contributed by atoms with van der Waals surface area (Å²) in [5.74, 6) is 0. The lowest BCUT2D eigenvalue weighted by molar-refractivity contribution is 0.666. The predicted molar refractivity (Wildman–Crippen MR) is 28.2 cm³/mol. The molecular weight excluding hydrogens is 86.1 g/mol. The highest BCUT2D eigenvalue weighted by atomic mass is 15.0. The second-order valence-corrected chi connectivity index (χ2v) is 2.61. The van der Waals surface area contributed by atoms with Gasteiger partial charge in [0.25, 0.3) is 0 Å². The first-order chi connectivity index (χ1) is 3.45. The molecule has 0 aromatic heterocycles. The molecule has 0 aliphatic heterocycles. The largest absolute Gasteiger partial charge is 0.235 e. The Kier molecular flexibility index (Phi) is 0.680. The van der Waals surface area contributed by atoms with E-state index in [0.717, 1.165) is 12.1 Å². The molecule has 7 heavy (non-hydrogen) atoms. The van der Waals surface area contributed by atoms with Crippen LogP contribution in [0.4, 0.5) is 0 Å². The highest BCUT2D eigenvalue weighted by Gasteiger charge is 2.31. The fraction of sp³-hybridized carbons (Fsp3) is 1.00. The summed E-state index contributed by atoms with van der Waals surface area (Å²) in [6.45, 7) is 0. The molecule has 2 saturated carbocycles. The molecule has 0 atom stereocenters. The molecule has 0 heterocycles. The van der Waals surface area contributed by atoms with Crippen LogP contribution in [0.15, 0.2) is 0 Å². The van der Waals surface area contributed by atoms with E-state index in [9.17, 15) is 0 Å². The molecule has 0 bridgehead atoms. The second kappa shape index (κ2) is 1.22. The zero-order valence-electron chi connectivity index (χ0n) is 4.43. The molecule has 39 valence electrons. The van der Waals surface area contributed by atoms with Crippen molar-refractivity contribution >= 4 is 0 Å². The van der Waals surface area contributed by atoms with Gasteiger partial charge in [0, 0.05) is 12.1 Å². The second-order valence-electron chi connectivity index (χ2n) is 2.61. The molecule has 1 nitrogen and oxygen atoms in total. The van der Waals surface area contributed by atoms with Gasteiger partial charge >= 0.3 is 0 Å². The van der Waals surface area contributed by atoms with Crippen molar-refractivity contribution in [3.05, 3.63) is 0 Å². The van der Waals surface area contributed by atoms with Gasteiger partial charge in [-0.05, 0) is 25.7 Å². The summed E-state index contributed by atoms with van der Waals surface area (Å²) in [7, 11) is 0. The molecule has 0 spiro atoms. The van der Waals surface area contributed by atoms with Gasteiger partial charge in [0.2, 0.25) is 0 Å². The molecule has 1 radical (unpaired) electrons. The summed E-state index contributed by atoms with van der Waals surface area (Å²) < 4.78 is 0. The monoisotopic (exact) mass is 96.1 g/mol. The van der Waals surface area contributed by atoms with E-state index in [4.69, 9.17) is 0 Å². The third-order valence-corrected chi connectivity index (χ3v) is 1.52. The zero-order valence-corrected chi connectivity index (χ0v) is 4.43. The number of rotatable bonds is 2. The van der Waals surface area contributed by atoms with Crippen molar-refractivity contribution in [1.29, 1.82) is 0 Å². The Morgan fingerprint density at radius 2 is 1.29 bits per heavy atom. The molecule has 2 fully saturated rings. The summed E-state index contributed by atoms with van der Waals surface area (Å²) in [4.78, 5) is 0.